The van der Waals surface area contributed by atoms with Gasteiger partial charge in [-0.25, -0.2) is 4.98 Å². The fraction of sp³-hybridized carbons (Fsp3) is 0.500. The first-order chi connectivity index (χ1) is 9.90. The number of aromatic nitrogens is 2. The molecule has 2 nitrogen and oxygen atoms in total. The number of unbranched alkanes of at least 4 members (excludes halogenated alkanes) is 3. The Morgan fingerprint density at radius 2 is 1.90 bits per heavy atom. The van der Waals surface area contributed by atoms with Crippen LogP contribution >= 0.6 is 0 Å². The zero-order chi connectivity index (χ0) is 14.0. The molecule has 0 saturated heterocycles. The van der Waals surface area contributed by atoms with E-state index in [0.717, 1.165) is 6.42 Å². The van der Waals surface area contributed by atoms with Crippen LogP contribution in [0, 0.1) is 0 Å². The second kappa shape index (κ2) is 8.57. The molecule has 0 aliphatic heterocycles. The van der Waals surface area contributed by atoms with Gasteiger partial charge in [0, 0.05) is 18.4 Å². The van der Waals surface area contributed by atoms with Crippen LogP contribution in [0.3, 0.4) is 0 Å². The molecule has 0 fully saturated rings. The smallest absolute Gasteiger partial charge is 0.0948 e. The zero-order valence-electron chi connectivity index (χ0n) is 12.5. The average molecular weight is 270 g/mol. The molecule has 1 aromatic heterocycles. The van der Waals surface area contributed by atoms with Gasteiger partial charge in [-0.3, -0.25) is 0 Å². The van der Waals surface area contributed by atoms with E-state index in [-0.39, 0.29) is 0 Å². The Labute approximate surface area is 122 Å². The molecule has 0 amide bonds. The van der Waals surface area contributed by atoms with Crippen LogP contribution in [-0.4, -0.2) is 9.55 Å². The number of aryl methyl sites for hydroxylation is 1. The Morgan fingerprint density at radius 3 is 2.60 bits per heavy atom. The van der Waals surface area contributed by atoms with Crippen molar-refractivity contribution in [2.45, 2.75) is 57.9 Å². The molecule has 108 valence electrons. The molecule has 1 heterocycles. The van der Waals surface area contributed by atoms with E-state index in [2.05, 4.69) is 53.0 Å². The van der Waals surface area contributed by atoms with Crippen molar-refractivity contribution in [1.29, 1.82) is 0 Å². The molecule has 0 aliphatic carbocycles. The van der Waals surface area contributed by atoms with Crippen molar-refractivity contribution in [3.05, 3.63) is 54.6 Å². The molecular formula is C18H26N2. The molecule has 2 heteroatoms. The highest BCUT2D eigenvalue weighted by Crippen LogP contribution is 2.22. The standard InChI is InChI=1S/C18H26N2/c1-2-3-4-8-11-18(20-15-14-19-16-20)13-12-17-9-6-5-7-10-17/h5-7,9-10,14-16,18H,2-4,8,11-13H2,1H3. The molecule has 20 heavy (non-hydrogen) atoms. The van der Waals surface area contributed by atoms with Crippen LogP contribution < -0.4 is 0 Å². The molecule has 0 spiro atoms. The first-order valence-corrected chi connectivity index (χ1v) is 7.91. The fourth-order valence-electron chi connectivity index (χ4n) is 2.71. The van der Waals surface area contributed by atoms with Crippen molar-refractivity contribution >= 4 is 0 Å². The predicted octanol–water partition coefficient (Wildman–Crippen LogP) is 5.03. The first kappa shape index (κ1) is 14.8. The van der Waals surface area contributed by atoms with E-state index in [1.807, 2.05) is 12.5 Å². The Morgan fingerprint density at radius 1 is 1.05 bits per heavy atom. The van der Waals surface area contributed by atoms with Gasteiger partial charge in [-0.05, 0) is 24.8 Å². The lowest BCUT2D eigenvalue weighted by Crippen LogP contribution is -2.08. The number of hydrogen-bond acceptors (Lipinski definition) is 1. The van der Waals surface area contributed by atoms with Gasteiger partial charge in [0.25, 0.3) is 0 Å². The Kier molecular flexibility index (Phi) is 6.36. The van der Waals surface area contributed by atoms with Crippen LogP contribution in [0.1, 0.15) is 57.1 Å². The first-order valence-electron chi connectivity index (χ1n) is 7.91. The van der Waals surface area contributed by atoms with Crippen LogP contribution in [-0.2, 0) is 6.42 Å². The summed E-state index contributed by atoms with van der Waals surface area (Å²) in [6, 6.07) is 11.4. The summed E-state index contributed by atoms with van der Waals surface area (Å²) in [4.78, 5) is 4.21. The third-order valence-electron chi connectivity index (χ3n) is 3.95. The number of benzene rings is 1. The van der Waals surface area contributed by atoms with Gasteiger partial charge in [0.1, 0.15) is 0 Å². The van der Waals surface area contributed by atoms with Crippen molar-refractivity contribution in [1.82, 2.24) is 9.55 Å². The van der Waals surface area contributed by atoms with Gasteiger partial charge >= 0.3 is 0 Å². The van der Waals surface area contributed by atoms with E-state index in [9.17, 15) is 0 Å². The summed E-state index contributed by atoms with van der Waals surface area (Å²) in [6.45, 7) is 2.27. The predicted molar refractivity (Wildman–Crippen MR) is 84.8 cm³/mol. The Balaban J connectivity index is 1.86. The average Bonchev–Trinajstić information content (AvgIpc) is 3.02. The van der Waals surface area contributed by atoms with Crippen molar-refractivity contribution in [3.63, 3.8) is 0 Å². The Bertz CT molecular complexity index is 448. The Hall–Kier alpha value is -1.57. The van der Waals surface area contributed by atoms with Gasteiger partial charge in [-0.1, -0.05) is 62.9 Å². The van der Waals surface area contributed by atoms with Gasteiger partial charge in [-0.2, -0.15) is 0 Å². The zero-order valence-corrected chi connectivity index (χ0v) is 12.5. The van der Waals surface area contributed by atoms with Crippen molar-refractivity contribution in [3.8, 4) is 0 Å². The van der Waals surface area contributed by atoms with E-state index in [4.69, 9.17) is 0 Å². The normalized spacial score (nSPS) is 12.4. The number of hydrogen-bond donors (Lipinski definition) is 0. The van der Waals surface area contributed by atoms with Gasteiger partial charge in [0.05, 0.1) is 6.33 Å². The van der Waals surface area contributed by atoms with Gasteiger partial charge < -0.3 is 4.57 Å². The molecule has 0 radical (unpaired) electrons. The summed E-state index contributed by atoms with van der Waals surface area (Å²) in [5.74, 6) is 0. The van der Waals surface area contributed by atoms with Gasteiger partial charge in [0.2, 0.25) is 0 Å². The second-order valence-corrected chi connectivity index (χ2v) is 5.54. The third kappa shape index (κ3) is 4.84. The van der Waals surface area contributed by atoms with Crippen molar-refractivity contribution < 1.29 is 0 Å². The molecule has 0 bridgehead atoms. The molecule has 1 unspecified atom stereocenters. The monoisotopic (exact) mass is 270 g/mol. The summed E-state index contributed by atoms with van der Waals surface area (Å²) < 4.78 is 2.29. The third-order valence-corrected chi connectivity index (χ3v) is 3.95. The summed E-state index contributed by atoms with van der Waals surface area (Å²) in [6.07, 6.45) is 14.9. The highest BCUT2D eigenvalue weighted by Gasteiger charge is 2.10. The minimum atomic E-state index is 0.592. The highest BCUT2D eigenvalue weighted by atomic mass is 15.0. The molecule has 0 N–H and O–H groups in total. The number of imidazole rings is 1. The lowest BCUT2D eigenvalue weighted by molar-refractivity contribution is 0.414. The lowest BCUT2D eigenvalue weighted by Gasteiger charge is -2.18. The molecule has 0 saturated carbocycles. The molecule has 1 atom stereocenters. The van der Waals surface area contributed by atoms with Crippen LogP contribution in [0.5, 0.6) is 0 Å². The summed E-state index contributed by atoms with van der Waals surface area (Å²) in [5.41, 5.74) is 1.44. The number of nitrogens with zero attached hydrogens (tertiary/aromatic N) is 2. The minimum Gasteiger partial charge on any atom is -0.334 e. The van der Waals surface area contributed by atoms with E-state index in [1.165, 1.54) is 44.1 Å². The SMILES string of the molecule is CCCCCCC(CCc1ccccc1)n1ccnc1. The van der Waals surface area contributed by atoms with Crippen molar-refractivity contribution in [2.24, 2.45) is 0 Å². The van der Waals surface area contributed by atoms with E-state index in [0.29, 0.717) is 6.04 Å². The van der Waals surface area contributed by atoms with Crippen LogP contribution in [0.4, 0.5) is 0 Å². The van der Waals surface area contributed by atoms with Crippen molar-refractivity contribution in [2.75, 3.05) is 0 Å². The molecule has 2 aromatic rings. The van der Waals surface area contributed by atoms with Crippen LogP contribution in [0.15, 0.2) is 49.1 Å². The summed E-state index contributed by atoms with van der Waals surface area (Å²) >= 11 is 0. The molecule has 2 rings (SSSR count). The topological polar surface area (TPSA) is 17.8 Å². The van der Waals surface area contributed by atoms with Gasteiger partial charge in [0.15, 0.2) is 0 Å². The fourth-order valence-corrected chi connectivity index (χ4v) is 2.71. The highest BCUT2D eigenvalue weighted by molar-refractivity contribution is 5.14. The van der Waals surface area contributed by atoms with Crippen LogP contribution in [0.25, 0.3) is 0 Å². The number of rotatable bonds is 9. The maximum absolute atomic E-state index is 4.21. The largest absolute Gasteiger partial charge is 0.334 e. The molecule has 1 aromatic carbocycles. The molecular weight excluding hydrogens is 244 g/mol. The second-order valence-electron chi connectivity index (χ2n) is 5.54. The van der Waals surface area contributed by atoms with E-state index < -0.39 is 0 Å². The molecule has 0 aliphatic rings. The summed E-state index contributed by atoms with van der Waals surface area (Å²) in [7, 11) is 0. The quantitative estimate of drug-likeness (QED) is 0.584. The lowest BCUT2D eigenvalue weighted by atomic mass is 10.00. The minimum absolute atomic E-state index is 0.592. The van der Waals surface area contributed by atoms with Gasteiger partial charge in [-0.15, -0.1) is 0 Å². The van der Waals surface area contributed by atoms with Crippen LogP contribution in [0.2, 0.25) is 0 Å². The maximum atomic E-state index is 4.21. The summed E-state index contributed by atoms with van der Waals surface area (Å²) in [5, 5.41) is 0. The van der Waals surface area contributed by atoms with E-state index in [1.54, 1.807) is 0 Å². The maximum Gasteiger partial charge on any atom is 0.0948 e. The van der Waals surface area contributed by atoms with E-state index >= 15 is 0 Å².